The van der Waals surface area contributed by atoms with E-state index in [4.69, 9.17) is 9.47 Å². The fourth-order valence-electron chi connectivity index (χ4n) is 1.95. The molecule has 0 aliphatic rings. The first-order chi connectivity index (χ1) is 9.88. The van der Waals surface area contributed by atoms with E-state index in [1.807, 2.05) is 6.92 Å². The third-order valence-corrected chi connectivity index (χ3v) is 4.10. The van der Waals surface area contributed by atoms with E-state index < -0.39 is 0 Å². The Morgan fingerprint density at radius 3 is 2.52 bits per heavy atom. The minimum Gasteiger partial charge on any atom is -0.356 e. The summed E-state index contributed by atoms with van der Waals surface area (Å²) in [4.78, 5) is 11.9. The summed E-state index contributed by atoms with van der Waals surface area (Å²) in [5.74, 6) is -0.152. The highest BCUT2D eigenvalue weighted by Gasteiger charge is 2.21. The van der Waals surface area contributed by atoms with Crippen LogP contribution < -0.4 is 5.32 Å². The SMILES string of the molecule is COC(CCCC(C)(C)CNC(=O)c1nnc(C)s1)OC. The second-order valence-corrected chi connectivity index (χ2v) is 6.95. The number of aromatic nitrogens is 2. The number of carbonyl (C=O) groups excluding carboxylic acids is 1. The summed E-state index contributed by atoms with van der Waals surface area (Å²) >= 11 is 1.31. The van der Waals surface area contributed by atoms with Crippen LogP contribution in [0.2, 0.25) is 0 Å². The van der Waals surface area contributed by atoms with Crippen molar-refractivity contribution in [2.45, 2.75) is 46.3 Å². The average molecular weight is 315 g/mol. The molecular weight excluding hydrogens is 290 g/mol. The summed E-state index contributed by atoms with van der Waals surface area (Å²) in [6, 6.07) is 0. The van der Waals surface area contributed by atoms with Crippen LogP contribution >= 0.6 is 11.3 Å². The van der Waals surface area contributed by atoms with Crippen LogP contribution in [-0.2, 0) is 9.47 Å². The molecule has 0 aromatic carbocycles. The van der Waals surface area contributed by atoms with Crippen molar-refractivity contribution in [3.63, 3.8) is 0 Å². The molecule has 0 saturated heterocycles. The molecule has 0 aliphatic carbocycles. The Kier molecular flexibility index (Phi) is 7.21. The fraction of sp³-hybridized carbons (Fsp3) is 0.786. The van der Waals surface area contributed by atoms with Gasteiger partial charge in [0, 0.05) is 20.8 Å². The van der Waals surface area contributed by atoms with E-state index in [-0.39, 0.29) is 17.6 Å². The largest absolute Gasteiger partial charge is 0.356 e. The zero-order valence-corrected chi connectivity index (χ0v) is 14.2. The highest BCUT2D eigenvalue weighted by Crippen LogP contribution is 2.23. The Hall–Kier alpha value is -1.05. The summed E-state index contributed by atoms with van der Waals surface area (Å²) in [7, 11) is 3.28. The van der Waals surface area contributed by atoms with Crippen molar-refractivity contribution >= 4 is 17.2 Å². The second-order valence-electron chi connectivity index (χ2n) is 5.77. The maximum absolute atomic E-state index is 11.9. The molecule has 1 rings (SSSR count). The Morgan fingerprint density at radius 1 is 1.33 bits per heavy atom. The molecule has 120 valence electrons. The van der Waals surface area contributed by atoms with Gasteiger partial charge < -0.3 is 14.8 Å². The molecule has 0 bridgehead atoms. The summed E-state index contributed by atoms with van der Waals surface area (Å²) in [5, 5.41) is 11.8. The lowest BCUT2D eigenvalue weighted by atomic mass is 9.87. The Labute approximate surface area is 130 Å². The van der Waals surface area contributed by atoms with Gasteiger partial charge in [-0.25, -0.2) is 0 Å². The smallest absolute Gasteiger partial charge is 0.282 e. The van der Waals surface area contributed by atoms with Gasteiger partial charge in [-0.15, -0.1) is 10.2 Å². The van der Waals surface area contributed by atoms with Crippen molar-refractivity contribution in [2.75, 3.05) is 20.8 Å². The van der Waals surface area contributed by atoms with E-state index in [9.17, 15) is 4.79 Å². The van der Waals surface area contributed by atoms with Gasteiger partial charge in [-0.3, -0.25) is 4.79 Å². The molecule has 0 radical (unpaired) electrons. The van der Waals surface area contributed by atoms with Crippen LogP contribution in [0.4, 0.5) is 0 Å². The lowest BCUT2D eigenvalue weighted by molar-refractivity contribution is -0.107. The average Bonchev–Trinajstić information content (AvgIpc) is 2.88. The fourth-order valence-corrected chi connectivity index (χ4v) is 2.56. The van der Waals surface area contributed by atoms with Gasteiger partial charge in [0.05, 0.1) is 0 Å². The second kappa shape index (κ2) is 8.41. The standard InChI is InChI=1S/C14H25N3O3S/c1-10-16-17-13(21-10)12(18)15-9-14(2,3)8-6-7-11(19-4)20-5/h11H,6-9H2,1-5H3,(H,15,18). The summed E-state index contributed by atoms with van der Waals surface area (Å²) in [6.45, 7) is 6.70. The first-order valence-corrected chi connectivity index (χ1v) is 7.83. The van der Waals surface area contributed by atoms with Gasteiger partial charge in [0.15, 0.2) is 6.29 Å². The van der Waals surface area contributed by atoms with Gasteiger partial charge in [0.25, 0.3) is 5.91 Å². The van der Waals surface area contributed by atoms with E-state index >= 15 is 0 Å². The number of hydrogen-bond acceptors (Lipinski definition) is 6. The molecular formula is C14H25N3O3S. The van der Waals surface area contributed by atoms with Crippen LogP contribution in [0, 0.1) is 12.3 Å². The molecule has 1 aromatic rings. The Balaban J connectivity index is 2.33. The first kappa shape index (κ1) is 18.0. The van der Waals surface area contributed by atoms with Gasteiger partial charge >= 0.3 is 0 Å². The number of hydrogen-bond donors (Lipinski definition) is 1. The summed E-state index contributed by atoms with van der Waals surface area (Å²) < 4.78 is 10.3. The number of carbonyl (C=O) groups is 1. The van der Waals surface area contributed by atoms with Gasteiger partial charge in [-0.05, 0) is 31.6 Å². The third kappa shape index (κ3) is 6.50. The highest BCUT2D eigenvalue weighted by atomic mass is 32.1. The van der Waals surface area contributed by atoms with Crippen molar-refractivity contribution in [1.82, 2.24) is 15.5 Å². The van der Waals surface area contributed by atoms with Crippen LogP contribution in [0.3, 0.4) is 0 Å². The van der Waals surface area contributed by atoms with Crippen LogP contribution in [0.5, 0.6) is 0 Å². The maximum Gasteiger partial charge on any atom is 0.282 e. The summed E-state index contributed by atoms with van der Waals surface area (Å²) in [5.41, 5.74) is 0.0153. The van der Waals surface area contributed by atoms with Crippen LogP contribution in [0.15, 0.2) is 0 Å². The Bertz CT molecular complexity index is 444. The lowest BCUT2D eigenvalue weighted by Gasteiger charge is -2.25. The monoisotopic (exact) mass is 315 g/mol. The predicted octanol–water partition coefficient (Wildman–Crippen LogP) is 2.39. The number of methoxy groups -OCH3 is 2. The van der Waals surface area contributed by atoms with Crippen molar-refractivity contribution in [2.24, 2.45) is 5.41 Å². The van der Waals surface area contributed by atoms with Crippen molar-refractivity contribution in [1.29, 1.82) is 0 Å². The number of aryl methyl sites for hydroxylation is 1. The van der Waals surface area contributed by atoms with E-state index in [0.29, 0.717) is 11.6 Å². The van der Waals surface area contributed by atoms with E-state index in [1.165, 1.54) is 11.3 Å². The minimum atomic E-state index is -0.153. The molecule has 1 N–H and O–H groups in total. The van der Waals surface area contributed by atoms with Crippen LogP contribution in [0.25, 0.3) is 0 Å². The van der Waals surface area contributed by atoms with E-state index in [0.717, 1.165) is 24.3 Å². The molecule has 1 aromatic heterocycles. The predicted molar refractivity (Wildman–Crippen MR) is 82.4 cm³/mol. The number of amides is 1. The molecule has 0 spiro atoms. The molecule has 1 heterocycles. The molecule has 0 saturated carbocycles. The maximum atomic E-state index is 11.9. The van der Waals surface area contributed by atoms with Gasteiger partial charge in [-0.2, -0.15) is 0 Å². The van der Waals surface area contributed by atoms with Crippen molar-refractivity contribution in [3.05, 3.63) is 10.0 Å². The minimum absolute atomic E-state index is 0.0153. The molecule has 0 fully saturated rings. The van der Waals surface area contributed by atoms with Gasteiger partial charge in [0.2, 0.25) is 5.01 Å². The topological polar surface area (TPSA) is 73.3 Å². The number of ether oxygens (including phenoxy) is 2. The van der Waals surface area contributed by atoms with Crippen LogP contribution in [-0.4, -0.2) is 43.2 Å². The van der Waals surface area contributed by atoms with Crippen molar-refractivity contribution < 1.29 is 14.3 Å². The number of nitrogens with one attached hydrogen (secondary N) is 1. The molecule has 0 aliphatic heterocycles. The number of nitrogens with zero attached hydrogens (tertiary/aromatic N) is 2. The molecule has 1 amide bonds. The molecule has 7 heteroatoms. The van der Waals surface area contributed by atoms with Gasteiger partial charge in [0.1, 0.15) is 5.01 Å². The zero-order valence-electron chi connectivity index (χ0n) is 13.4. The van der Waals surface area contributed by atoms with E-state index in [2.05, 4.69) is 29.4 Å². The first-order valence-electron chi connectivity index (χ1n) is 7.02. The Morgan fingerprint density at radius 2 is 2.00 bits per heavy atom. The molecule has 0 unspecified atom stereocenters. The van der Waals surface area contributed by atoms with E-state index in [1.54, 1.807) is 14.2 Å². The zero-order chi connectivity index (χ0) is 15.9. The normalized spacial score (nSPS) is 11.9. The molecule has 21 heavy (non-hydrogen) atoms. The lowest BCUT2D eigenvalue weighted by Crippen LogP contribution is -2.34. The number of rotatable bonds is 9. The van der Waals surface area contributed by atoms with Gasteiger partial charge in [-0.1, -0.05) is 25.2 Å². The quantitative estimate of drug-likeness (QED) is 0.708. The van der Waals surface area contributed by atoms with Crippen molar-refractivity contribution in [3.8, 4) is 0 Å². The molecule has 0 atom stereocenters. The summed E-state index contributed by atoms with van der Waals surface area (Å²) in [6.07, 6.45) is 2.65. The molecule has 6 nitrogen and oxygen atoms in total. The third-order valence-electron chi connectivity index (χ3n) is 3.27. The van der Waals surface area contributed by atoms with Crippen LogP contribution in [0.1, 0.15) is 47.9 Å². The highest BCUT2D eigenvalue weighted by molar-refractivity contribution is 7.13.